The molecule has 1 aromatic heterocycles. The molecule has 0 aliphatic carbocycles. The van der Waals surface area contributed by atoms with Gasteiger partial charge in [0, 0.05) is 17.9 Å². The first-order chi connectivity index (χ1) is 10.5. The van der Waals surface area contributed by atoms with Crippen molar-refractivity contribution in [2.75, 3.05) is 0 Å². The molecule has 1 aromatic rings. The zero-order valence-electron chi connectivity index (χ0n) is 15.1. The third kappa shape index (κ3) is 3.20. The van der Waals surface area contributed by atoms with E-state index in [-0.39, 0.29) is 30.5 Å². The lowest BCUT2D eigenvalue weighted by molar-refractivity contribution is -0.146. The van der Waals surface area contributed by atoms with Crippen LogP contribution in [0.2, 0.25) is 0 Å². The summed E-state index contributed by atoms with van der Waals surface area (Å²) in [7, 11) is -0.386. The van der Waals surface area contributed by atoms with Gasteiger partial charge in [-0.15, -0.1) is 0 Å². The highest BCUT2D eigenvalue weighted by atomic mass is 16.7. The molecule has 7 heteroatoms. The van der Waals surface area contributed by atoms with Crippen molar-refractivity contribution in [1.29, 1.82) is 0 Å². The summed E-state index contributed by atoms with van der Waals surface area (Å²) in [5.74, 6) is -0.536. The van der Waals surface area contributed by atoms with E-state index in [0.717, 1.165) is 5.46 Å². The summed E-state index contributed by atoms with van der Waals surface area (Å²) >= 11 is 0. The third-order valence-corrected chi connectivity index (χ3v) is 4.97. The summed E-state index contributed by atoms with van der Waals surface area (Å²) in [4.78, 5) is 0. The van der Waals surface area contributed by atoms with Gasteiger partial charge in [0.05, 0.1) is 23.9 Å². The largest absolute Gasteiger partial charge is 0.498 e. The maximum absolute atomic E-state index is 6.06. The molecule has 3 heterocycles. The smallest absolute Gasteiger partial charge is 0.399 e. The van der Waals surface area contributed by atoms with Crippen molar-refractivity contribution in [1.82, 2.24) is 9.78 Å². The van der Waals surface area contributed by atoms with Gasteiger partial charge in [0.1, 0.15) is 6.10 Å². The normalized spacial score (nSPS) is 31.7. The molecule has 0 radical (unpaired) electrons. The molecule has 0 aromatic carbocycles. The van der Waals surface area contributed by atoms with Crippen molar-refractivity contribution in [2.24, 2.45) is 0 Å². The van der Waals surface area contributed by atoms with Crippen LogP contribution in [0.15, 0.2) is 12.4 Å². The van der Waals surface area contributed by atoms with Crippen molar-refractivity contribution in [3.8, 4) is 0 Å². The lowest BCUT2D eigenvalue weighted by Gasteiger charge is -2.32. The van der Waals surface area contributed by atoms with Crippen LogP contribution in [0.4, 0.5) is 0 Å². The van der Waals surface area contributed by atoms with Crippen molar-refractivity contribution in [2.45, 2.75) is 84.2 Å². The van der Waals surface area contributed by atoms with Crippen molar-refractivity contribution >= 4 is 12.6 Å². The molecule has 0 saturated carbocycles. The molecule has 0 amide bonds. The minimum atomic E-state index is -0.536. The minimum absolute atomic E-state index is 0.0175. The highest BCUT2D eigenvalue weighted by Gasteiger charge is 2.52. The highest BCUT2D eigenvalue weighted by molar-refractivity contribution is 6.61. The molecule has 2 aliphatic heterocycles. The van der Waals surface area contributed by atoms with Crippen LogP contribution >= 0.6 is 0 Å². The van der Waals surface area contributed by atoms with Crippen LogP contribution in [0.1, 0.15) is 48.5 Å². The van der Waals surface area contributed by atoms with Crippen LogP contribution in [0.3, 0.4) is 0 Å². The van der Waals surface area contributed by atoms with Crippen LogP contribution in [-0.2, 0) is 25.3 Å². The van der Waals surface area contributed by atoms with Crippen LogP contribution in [0.25, 0.3) is 0 Å². The molecule has 2 fully saturated rings. The first-order valence-electron chi connectivity index (χ1n) is 8.23. The van der Waals surface area contributed by atoms with Crippen LogP contribution in [-0.4, -0.2) is 46.1 Å². The molecule has 23 heavy (non-hydrogen) atoms. The Balaban J connectivity index is 1.68. The SMILES string of the molecule is C[C@@H]1OC(C)(C)O[C@H]1Cn1cc(B2OC(C)(C)C(C)(C)O2)cn1. The second-order valence-electron chi connectivity index (χ2n) is 7.96. The van der Waals surface area contributed by atoms with Crippen molar-refractivity contribution in [3.05, 3.63) is 12.4 Å². The molecule has 0 bridgehead atoms. The molecule has 2 aliphatic rings. The Morgan fingerprint density at radius 2 is 1.70 bits per heavy atom. The average Bonchev–Trinajstić information content (AvgIpc) is 2.98. The van der Waals surface area contributed by atoms with Gasteiger partial charge in [0.25, 0.3) is 0 Å². The summed E-state index contributed by atoms with van der Waals surface area (Å²) < 4.78 is 25.7. The predicted molar refractivity (Wildman–Crippen MR) is 87.4 cm³/mol. The number of nitrogens with zero attached hydrogens (tertiary/aromatic N) is 2. The van der Waals surface area contributed by atoms with Crippen LogP contribution < -0.4 is 5.46 Å². The molecule has 0 spiro atoms. The van der Waals surface area contributed by atoms with Gasteiger partial charge in [0.2, 0.25) is 0 Å². The topological polar surface area (TPSA) is 54.7 Å². The standard InChI is InChI=1S/C16H27BN2O4/c1-11-13(21-16(6,7)20-11)10-19-9-12(8-18-19)17-22-14(2,3)15(4,5)23-17/h8-9,11,13H,10H2,1-7H3/t11-,13-/m0/s1. The van der Waals surface area contributed by atoms with Gasteiger partial charge >= 0.3 is 7.12 Å². The monoisotopic (exact) mass is 322 g/mol. The average molecular weight is 322 g/mol. The van der Waals surface area contributed by atoms with E-state index in [2.05, 4.69) is 5.10 Å². The Kier molecular flexibility index (Phi) is 3.91. The van der Waals surface area contributed by atoms with Gasteiger partial charge in [-0.1, -0.05) is 0 Å². The number of rotatable bonds is 3. The molecule has 2 saturated heterocycles. The van der Waals surface area contributed by atoms with E-state index in [1.807, 2.05) is 59.3 Å². The van der Waals surface area contributed by atoms with Crippen LogP contribution in [0, 0.1) is 0 Å². The fraction of sp³-hybridized carbons (Fsp3) is 0.812. The van der Waals surface area contributed by atoms with Gasteiger partial charge in [-0.3, -0.25) is 4.68 Å². The maximum Gasteiger partial charge on any atom is 0.498 e. The molecule has 128 valence electrons. The van der Waals surface area contributed by atoms with Gasteiger partial charge in [0.15, 0.2) is 5.79 Å². The van der Waals surface area contributed by atoms with Crippen molar-refractivity contribution < 1.29 is 18.8 Å². The van der Waals surface area contributed by atoms with Crippen molar-refractivity contribution in [3.63, 3.8) is 0 Å². The fourth-order valence-electron chi connectivity index (χ4n) is 2.96. The van der Waals surface area contributed by atoms with Gasteiger partial charge < -0.3 is 18.8 Å². The first-order valence-corrected chi connectivity index (χ1v) is 8.23. The number of aromatic nitrogens is 2. The predicted octanol–water partition coefficient (Wildman–Crippen LogP) is 1.72. The number of hydrogen-bond donors (Lipinski definition) is 0. The summed E-state index contributed by atoms with van der Waals surface area (Å²) in [5.41, 5.74) is 0.232. The first kappa shape index (κ1) is 17.0. The Labute approximate surface area is 138 Å². The molecule has 3 rings (SSSR count). The summed E-state index contributed by atoms with van der Waals surface area (Å²) in [6.07, 6.45) is 3.78. The summed E-state index contributed by atoms with van der Waals surface area (Å²) in [6, 6.07) is 0. The second kappa shape index (κ2) is 5.31. The number of ether oxygens (including phenoxy) is 2. The Hall–Kier alpha value is -0.885. The van der Waals surface area contributed by atoms with E-state index in [1.54, 1.807) is 6.20 Å². The molecule has 0 N–H and O–H groups in total. The van der Waals surface area contributed by atoms with Gasteiger partial charge in [-0.2, -0.15) is 5.10 Å². The molecular formula is C16H27BN2O4. The molecular weight excluding hydrogens is 295 g/mol. The highest BCUT2D eigenvalue weighted by Crippen LogP contribution is 2.36. The zero-order valence-corrected chi connectivity index (χ0v) is 15.1. The molecule has 2 atom stereocenters. The fourth-order valence-corrected chi connectivity index (χ4v) is 2.96. The molecule has 0 unspecified atom stereocenters. The van der Waals surface area contributed by atoms with Crippen LogP contribution in [0.5, 0.6) is 0 Å². The lowest BCUT2D eigenvalue weighted by atomic mass is 9.82. The Bertz CT molecular complexity index is 568. The van der Waals surface area contributed by atoms with E-state index in [9.17, 15) is 0 Å². The maximum atomic E-state index is 6.06. The van der Waals surface area contributed by atoms with Gasteiger partial charge in [-0.25, -0.2) is 0 Å². The van der Waals surface area contributed by atoms with E-state index in [1.165, 1.54) is 0 Å². The summed E-state index contributed by atoms with van der Waals surface area (Å²) in [6.45, 7) is 14.7. The van der Waals surface area contributed by atoms with E-state index in [0.29, 0.717) is 6.54 Å². The van der Waals surface area contributed by atoms with E-state index >= 15 is 0 Å². The minimum Gasteiger partial charge on any atom is -0.399 e. The Morgan fingerprint density at radius 1 is 1.09 bits per heavy atom. The second-order valence-corrected chi connectivity index (χ2v) is 7.96. The number of hydrogen-bond acceptors (Lipinski definition) is 5. The molecule has 6 nitrogen and oxygen atoms in total. The Morgan fingerprint density at radius 3 is 2.22 bits per heavy atom. The van der Waals surface area contributed by atoms with E-state index < -0.39 is 5.79 Å². The van der Waals surface area contributed by atoms with Gasteiger partial charge in [-0.05, 0) is 48.5 Å². The lowest BCUT2D eigenvalue weighted by Crippen LogP contribution is -2.41. The zero-order chi connectivity index (χ0) is 17.0. The summed E-state index contributed by atoms with van der Waals surface area (Å²) in [5, 5.41) is 4.42. The quantitative estimate of drug-likeness (QED) is 0.793. The van der Waals surface area contributed by atoms with E-state index in [4.69, 9.17) is 18.8 Å². The third-order valence-electron chi connectivity index (χ3n) is 4.97.